The highest BCUT2D eigenvalue weighted by molar-refractivity contribution is 6.19. The largest absolute Gasteiger partial charge is 0.288 e. The molecule has 0 spiro atoms. The number of Topliss-reactive ketones (excluding diaryl/α,β-unsaturated/α-hetero) is 1. The van der Waals surface area contributed by atoms with Crippen LogP contribution in [-0.4, -0.2) is 16.6 Å². The van der Waals surface area contributed by atoms with Gasteiger partial charge in [0, 0.05) is 17.8 Å². The van der Waals surface area contributed by atoms with E-state index in [2.05, 4.69) is 4.98 Å². The van der Waals surface area contributed by atoms with Gasteiger partial charge >= 0.3 is 0 Å². The average Bonchev–Trinajstić information content (AvgIpc) is 2.90. The summed E-state index contributed by atoms with van der Waals surface area (Å²) in [4.78, 5) is 29.3. The third-order valence-corrected chi connectivity index (χ3v) is 4.00. The quantitative estimate of drug-likeness (QED) is 0.431. The van der Waals surface area contributed by atoms with Crippen LogP contribution in [0.15, 0.2) is 67.0 Å². The second-order valence-corrected chi connectivity index (χ2v) is 5.42. The number of ketones is 2. The number of carbonyl (C=O) groups is 2. The third-order valence-electron chi connectivity index (χ3n) is 4.00. The molecule has 0 N–H and O–H groups in total. The smallest absolute Gasteiger partial charge is 0.243 e. The van der Waals surface area contributed by atoms with Crippen LogP contribution >= 0.6 is 0 Å². The number of hydrogen-bond donors (Lipinski definition) is 0. The number of benzene rings is 1. The minimum atomic E-state index is -0.0374. The molecule has 23 heavy (non-hydrogen) atoms. The molecule has 2 heterocycles. The Balaban J connectivity index is 1.79. The first-order valence-corrected chi connectivity index (χ1v) is 7.36. The van der Waals surface area contributed by atoms with E-state index in [0.29, 0.717) is 22.4 Å². The van der Waals surface area contributed by atoms with E-state index < -0.39 is 0 Å². The Morgan fingerprint density at radius 2 is 1.74 bits per heavy atom. The van der Waals surface area contributed by atoms with Crippen molar-refractivity contribution in [3.63, 3.8) is 0 Å². The van der Waals surface area contributed by atoms with E-state index in [1.807, 2.05) is 24.4 Å². The highest BCUT2D eigenvalue weighted by Gasteiger charge is 2.36. The fourth-order valence-electron chi connectivity index (χ4n) is 2.92. The van der Waals surface area contributed by atoms with E-state index in [-0.39, 0.29) is 18.1 Å². The van der Waals surface area contributed by atoms with Crippen LogP contribution in [0.4, 0.5) is 0 Å². The predicted octanol–water partition coefficient (Wildman–Crippen LogP) is 2.46. The molecule has 0 unspecified atom stereocenters. The first kappa shape index (κ1) is 13.5. The van der Waals surface area contributed by atoms with Crippen LogP contribution in [0.5, 0.6) is 0 Å². The highest BCUT2D eigenvalue weighted by Crippen LogP contribution is 2.31. The molecule has 0 radical (unpaired) electrons. The predicted molar refractivity (Wildman–Crippen MR) is 84.1 cm³/mol. The van der Waals surface area contributed by atoms with Crippen molar-refractivity contribution in [2.24, 2.45) is 0 Å². The molecule has 4 rings (SSSR count). The average molecular weight is 301 g/mol. The molecule has 4 nitrogen and oxygen atoms in total. The molecule has 2 aromatic heterocycles. The SMILES string of the molecule is O=C(C[n+]1cccc2c1-c1ncccc1C2=O)c1ccccc1. The Morgan fingerprint density at radius 1 is 0.957 bits per heavy atom. The maximum Gasteiger partial charge on any atom is 0.243 e. The Kier molecular flexibility index (Phi) is 3.08. The zero-order valence-corrected chi connectivity index (χ0v) is 12.3. The molecular formula is C19H13N2O2+. The fraction of sp³-hybridized carbons (Fsp3) is 0.0526. The standard InChI is InChI=1S/C19H13N2O2/c22-16(13-6-2-1-3-7-13)12-21-11-5-9-15-18(21)17-14(19(15)23)8-4-10-20-17/h1-11H,12H2/q+1. The van der Waals surface area contributed by atoms with Gasteiger partial charge in [0.25, 0.3) is 0 Å². The maximum absolute atomic E-state index is 12.5. The van der Waals surface area contributed by atoms with E-state index in [9.17, 15) is 9.59 Å². The van der Waals surface area contributed by atoms with Crippen LogP contribution in [0.1, 0.15) is 26.3 Å². The van der Waals surface area contributed by atoms with E-state index in [1.54, 1.807) is 47.2 Å². The number of carbonyl (C=O) groups excluding carboxylic acids is 2. The molecule has 1 aliphatic rings. The van der Waals surface area contributed by atoms with Gasteiger partial charge in [0.2, 0.25) is 23.8 Å². The number of nitrogens with zero attached hydrogens (tertiary/aromatic N) is 2. The van der Waals surface area contributed by atoms with Gasteiger partial charge in [0.05, 0.1) is 11.1 Å². The normalized spacial score (nSPS) is 11.9. The number of aromatic nitrogens is 2. The van der Waals surface area contributed by atoms with Gasteiger partial charge in [-0.1, -0.05) is 30.3 Å². The van der Waals surface area contributed by atoms with Crippen molar-refractivity contribution in [1.82, 2.24) is 4.98 Å². The third kappa shape index (κ3) is 2.16. The van der Waals surface area contributed by atoms with Crippen molar-refractivity contribution < 1.29 is 14.2 Å². The van der Waals surface area contributed by atoms with Crippen LogP contribution in [0.2, 0.25) is 0 Å². The molecule has 0 saturated heterocycles. The Hall–Kier alpha value is -3.14. The molecule has 4 heteroatoms. The first-order valence-electron chi connectivity index (χ1n) is 7.36. The van der Waals surface area contributed by atoms with E-state index in [1.165, 1.54) is 0 Å². The summed E-state index contributed by atoms with van der Waals surface area (Å²) < 4.78 is 1.81. The lowest BCUT2D eigenvalue weighted by Gasteiger charge is -2.02. The number of hydrogen-bond acceptors (Lipinski definition) is 3. The lowest BCUT2D eigenvalue weighted by atomic mass is 10.1. The lowest BCUT2D eigenvalue weighted by molar-refractivity contribution is -0.672. The van der Waals surface area contributed by atoms with Crippen LogP contribution in [0.25, 0.3) is 11.4 Å². The van der Waals surface area contributed by atoms with Crippen molar-refractivity contribution in [1.29, 1.82) is 0 Å². The van der Waals surface area contributed by atoms with Crippen molar-refractivity contribution in [2.75, 3.05) is 0 Å². The molecule has 1 aromatic carbocycles. The highest BCUT2D eigenvalue weighted by atomic mass is 16.1. The van der Waals surface area contributed by atoms with E-state index in [0.717, 1.165) is 5.69 Å². The number of pyridine rings is 2. The number of rotatable bonds is 3. The van der Waals surface area contributed by atoms with Crippen molar-refractivity contribution in [2.45, 2.75) is 6.54 Å². The molecule has 0 bridgehead atoms. The zero-order valence-electron chi connectivity index (χ0n) is 12.3. The summed E-state index contributed by atoms with van der Waals surface area (Å²) in [5.74, 6) is -0.0366. The monoisotopic (exact) mass is 301 g/mol. The molecule has 0 fully saturated rings. The van der Waals surface area contributed by atoms with Crippen LogP contribution in [0, 0.1) is 0 Å². The van der Waals surface area contributed by atoms with Gasteiger partial charge in [-0.2, -0.15) is 4.57 Å². The topological polar surface area (TPSA) is 50.9 Å². The second kappa shape index (κ2) is 5.25. The minimum absolute atomic E-state index is 0.000769. The molecule has 0 amide bonds. The molecule has 110 valence electrons. The van der Waals surface area contributed by atoms with Gasteiger partial charge in [-0.05, 0) is 18.2 Å². The number of fused-ring (bicyclic) bond motifs is 3. The van der Waals surface area contributed by atoms with E-state index in [4.69, 9.17) is 0 Å². The summed E-state index contributed by atoms with van der Waals surface area (Å²) in [6, 6.07) is 16.2. The summed E-state index contributed by atoms with van der Waals surface area (Å²) in [7, 11) is 0. The second-order valence-electron chi connectivity index (χ2n) is 5.42. The first-order chi connectivity index (χ1) is 11.3. The van der Waals surface area contributed by atoms with Crippen molar-refractivity contribution in [3.05, 3.63) is 83.7 Å². The lowest BCUT2D eigenvalue weighted by Crippen LogP contribution is -2.40. The summed E-state index contributed by atoms with van der Waals surface area (Å²) >= 11 is 0. The molecule has 0 atom stereocenters. The van der Waals surface area contributed by atoms with Gasteiger partial charge in [-0.3, -0.25) is 9.59 Å². The molecule has 0 aliphatic heterocycles. The zero-order chi connectivity index (χ0) is 15.8. The fourth-order valence-corrected chi connectivity index (χ4v) is 2.92. The van der Waals surface area contributed by atoms with Gasteiger partial charge in [0.1, 0.15) is 5.69 Å². The van der Waals surface area contributed by atoms with E-state index >= 15 is 0 Å². The van der Waals surface area contributed by atoms with Crippen LogP contribution < -0.4 is 4.57 Å². The van der Waals surface area contributed by atoms with Crippen LogP contribution in [-0.2, 0) is 6.54 Å². The Morgan fingerprint density at radius 3 is 2.57 bits per heavy atom. The van der Waals surface area contributed by atoms with Gasteiger partial charge < -0.3 is 0 Å². The summed E-state index contributed by atoms with van der Waals surface area (Å²) in [5, 5.41) is 0. The maximum atomic E-state index is 12.5. The minimum Gasteiger partial charge on any atom is -0.288 e. The van der Waals surface area contributed by atoms with Gasteiger partial charge in [-0.15, -0.1) is 0 Å². The van der Waals surface area contributed by atoms with Crippen molar-refractivity contribution in [3.8, 4) is 11.4 Å². The molecule has 0 saturated carbocycles. The van der Waals surface area contributed by atoms with Gasteiger partial charge in [0.15, 0.2) is 6.20 Å². The Bertz CT molecular complexity index is 933. The Labute approximate surface area is 133 Å². The molecule has 1 aliphatic carbocycles. The summed E-state index contributed by atoms with van der Waals surface area (Å²) in [6.07, 6.45) is 3.48. The van der Waals surface area contributed by atoms with Crippen molar-refractivity contribution >= 4 is 11.6 Å². The summed E-state index contributed by atoms with van der Waals surface area (Å²) in [5.41, 5.74) is 3.21. The molecular weight excluding hydrogens is 288 g/mol. The molecule has 3 aromatic rings. The van der Waals surface area contributed by atoms with Gasteiger partial charge in [-0.25, -0.2) is 4.98 Å². The van der Waals surface area contributed by atoms with Crippen LogP contribution in [0.3, 0.4) is 0 Å². The summed E-state index contributed by atoms with van der Waals surface area (Å²) in [6.45, 7) is 0.177.